The van der Waals surface area contributed by atoms with Crippen molar-refractivity contribution in [1.29, 1.82) is 0 Å². The van der Waals surface area contributed by atoms with E-state index in [2.05, 4.69) is 4.72 Å². The minimum absolute atomic E-state index is 0.304. The first-order chi connectivity index (χ1) is 8.49. The van der Waals surface area contributed by atoms with E-state index in [1.807, 2.05) is 0 Å². The molecule has 1 aromatic rings. The summed E-state index contributed by atoms with van der Waals surface area (Å²) in [7, 11) is -3.34. The molecule has 1 aliphatic rings. The van der Waals surface area contributed by atoms with Crippen molar-refractivity contribution in [3.05, 3.63) is 23.2 Å². The highest BCUT2D eigenvalue weighted by Gasteiger charge is 2.27. The average molecular weight is 289 g/mol. The average Bonchev–Trinajstić information content (AvgIpc) is 2.34. The van der Waals surface area contributed by atoms with Crippen LogP contribution in [-0.4, -0.2) is 13.7 Å². The number of hydrogen-bond acceptors (Lipinski definition) is 3. The molecule has 6 heteroatoms. The Hall–Kier alpha value is -0.940. The third-order valence-electron chi connectivity index (χ3n) is 3.26. The maximum absolute atomic E-state index is 12.2. The standard InChI is InChI=1S/C12H17ClN2O2S/c13-9-6-7-12(11(14)8-9)15-18(16,17)10-4-2-1-3-5-10/h6-8,10,15H,1-5,14H2. The Kier molecular flexibility index (Phi) is 4.02. The van der Waals surface area contributed by atoms with E-state index in [1.54, 1.807) is 18.2 Å². The molecular formula is C12H17ClN2O2S. The lowest BCUT2D eigenvalue weighted by Gasteiger charge is -2.22. The van der Waals surface area contributed by atoms with Crippen LogP contribution >= 0.6 is 11.6 Å². The lowest BCUT2D eigenvalue weighted by atomic mass is 10.0. The quantitative estimate of drug-likeness (QED) is 0.840. The molecule has 1 saturated carbocycles. The monoisotopic (exact) mass is 288 g/mol. The van der Waals surface area contributed by atoms with Crippen molar-refractivity contribution >= 4 is 33.0 Å². The van der Waals surface area contributed by atoms with Crippen LogP contribution in [0.4, 0.5) is 11.4 Å². The molecule has 0 aromatic heterocycles. The summed E-state index contributed by atoms with van der Waals surface area (Å²) in [6.07, 6.45) is 4.52. The fraction of sp³-hybridized carbons (Fsp3) is 0.500. The van der Waals surface area contributed by atoms with Gasteiger partial charge < -0.3 is 5.73 Å². The number of hydrogen-bond donors (Lipinski definition) is 2. The first-order valence-corrected chi connectivity index (χ1v) is 7.98. The second kappa shape index (κ2) is 5.36. The lowest BCUT2D eigenvalue weighted by Crippen LogP contribution is -2.29. The van der Waals surface area contributed by atoms with Gasteiger partial charge in [0, 0.05) is 5.02 Å². The van der Waals surface area contributed by atoms with E-state index >= 15 is 0 Å². The van der Waals surface area contributed by atoms with Gasteiger partial charge in [-0.25, -0.2) is 8.42 Å². The SMILES string of the molecule is Nc1cc(Cl)ccc1NS(=O)(=O)C1CCCCC1. The van der Waals surface area contributed by atoms with Gasteiger partial charge in [-0.1, -0.05) is 30.9 Å². The fourth-order valence-electron chi connectivity index (χ4n) is 2.24. The van der Waals surface area contributed by atoms with Gasteiger partial charge in [0.2, 0.25) is 10.0 Å². The highest BCUT2D eigenvalue weighted by molar-refractivity contribution is 7.93. The number of halogens is 1. The van der Waals surface area contributed by atoms with Crippen LogP contribution in [0.1, 0.15) is 32.1 Å². The summed E-state index contributed by atoms with van der Waals surface area (Å²) in [5.41, 5.74) is 6.50. The minimum Gasteiger partial charge on any atom is -0.397 e. The van der Waals surface area contributed by atoms with Gasteiger partial charge in [-0.05, 0) is 31.0 Å². The molecule has 0 saturated heterocycles. The van der Waals surface area contributed by atoms with Crippen molar-refractivity contribution in [2.75, 3.05) is 10.5 Å². The van der Waals surface area contributed by atoms with E-state index in [4.69, 9.17) is 17.3 Å². The maximum Gasteiger partial charge on any atom is 0.235 e. The van der Waals surface area contributed by atoms with Crippen LogP contribution < -0.4 is 10.5 Å². The molecule has 0 unspecified atom stereocenters. The summed E-state index contributed by atoms with van der Waals surface area (Å²) in [5, 5.41) is 0.189. The Morgan fingerprint density at radius 2 is 1.89 bits per heavy atom. The minimum atomic E-state index is -3.34. The third-order valence-corrected chi connectivity index (χ3v) is 5.35. The third kappa shape index (κ3) is 3.09. The molecule has 1 aliphatic carbocycles. The zero-order valence-electron chi connectivity index (χ0n) is 10.0. The summed E-state index contributed by atoms with van der Waals surface area (Å²) in [4.78, 5) is 0. The largest absolute Gasteiger partial charge is 0.397 e. The van der Waals surface area contributed by atoms with Gasteiger partial charge in [0.25, 0.3) is 0 Å². The summed E-state index contributed by atoms with van der Waals surface area (Å²) in [5.74, 6) is 0. The normalized spacial score (nSPS) is 17.6. The van der Waals surface area contributed by atoms with Gasteiger partial charge in [0.1, 0.15) is 0 Å². The van der Waals surface area contributed by atoms with E-state index in [-0.39, 0.29) is 5.25 Å². The van der Waals surface area contributed by atoms with Crippen molar-refractivity contribution in [2.45, 2.75) is 37.4 Å². The predicted octanol–water partition coefficient (Wildman–Crippen LogP) is 3.00. The molecule has 4 nitrogen and oxygen atoms in total. The number of nitrogen functional groups attached to an aromatic ring is 1. The van der Waals surface area contributed by atoms with Crippen LogP contribution in [-0.2, 0) is 10.0 Å². The predicted molar refractivity (Wildman–Crippen MR) is 75.3 cm³/mol. The molecule has 0 aliphatic heterocycles. The van der Waals surface area contributed by atoms with Crippen LogP contribution in [0.15, 0.2) is 18.2 Å². The van der Waals surface area contributed by atoms with Crippen LogP contribution in [0.2, 0.25) is 5.02 Å². The summed E-state index contributed by atoms with van der Waals surface area (Å²) in [6.45, 7) is 0. The molecular weight excluding hydrogens is 272 g/mol. The second-order valence-corrected chi connectivity index (χ2v) is 7.04. The van der Waals surface area contributed by atoms with E-state index in [0.717, 1.165) is 32.1 Å². The Balaban J connectivity index is 2.16. The van der Waals surface area contributed by atoms with Crippen molar-refractivity contribution in [3.8, 4) is 0 Å². The zero-order valence-corrected chi connectivity index (χ0v) is 11.6. The van der Waals surface area contributed by atoms with Crippen LogP contribution in [0.25, 0.3) is 0 Å². The van der Waals surface area contributed by atoms with Gasteiger partial charge in [0.15, 0.2) is 0 Å². The van der Waals surface area contributed by atoms with E-state index in [0.29, 0.717) is 16.4 Å². The maximum atomic E-state index is 12.2. The van der Waals surface area contributed by atoms with E-state index in [9.17, 15) is 8.42 Å². The van der Waals surface area contributed by atoms with Gasteiger partial charge in [0.05, 0.1) is 16.6 Å². The van der Waals surface area contributed by atoms with Crippen molar-refractivity contribution in [2.24, 2.45) is 0 Å². The molecule has 100 valence electrons. The van der Waals surface area contributed by atoms with Gasteiger partial charge >= 0.3 is 0 Å². The smallest absolute Gasteiger partial charge is 0.235 e. The number of benzene rings is 1. The molecule has 0 bridgehead atoms. The lowest BCUT2D eigenvalue weighted by molar-refractivity contribution is 0.486. The van der Waals surface area contributed by atoms with Crippen molar-refractivity contribution < 1.29 is 8.42 Å². The molecule has 0 radical (unpaired) electrons. The molecule has 0 amide bonds. The van der Waals surface area contributed by atoms with E-state index in [1.165, 1.54) is 0 Å². The molecule has 1 aromatic carbocycles. The molecule has 2 rings (SSSR count). The Bertz CT molecular complexity index is 525. The number of anilines is 2. The van der Waals surface area contributed by atoms with Crippen molar-refractivity contribution in [3.63, 3.8) is 0 Å². The molecule has 0 heterocycles. The number of sulfonamides is 1. The first-order valence-electron chi connectivity index (χ1n) is 6.06. The van der Waals surface area contributed by atoms with Crippen LogP contribution in [0.3, 0.4) is 0 Å². The number of rotatable bonds is 3. The summed E-state index contributed by atoms with van der Waals surface area (Å²) in [6, 6.07) is 4.76. The van der Waals surface area contributed by atoms with Gasteiger partial charge in [-0.2, -0.15) is 0 Å². The fourth-order valence-corrected chi connectivity index (χ4v) is 4.03. The zero-order chi connectivity index (χ0) is 13.2. The molecule has 0 atom stereocenters. The Morgan fingerprint density at radius 3 is 2.50 bits per heavy atom. The van der Waals surface area contributed by atoms with Crippen LogP contribution in [0, 0.1) is 0 Å². The molecule has 1 fully saturated rings. The van der Waals surface area contributed by atoms with Gasteiger partial charge in [-0.3, -0.25) is 4.72 Å². The highest BCUT2D eigenvalue weighted by atomic mass is 35.5. The van der Waals surface area contributed by atoms with E-state index < -0.39 is 10.0 Å². The molecule has 18 heavy (non-hydrogen) atoms. The number of nitrogens with two attached hydrogens (primary N) is 1. The van der Waals surface area contributed by atoms with Gasteiger partial charge in [-0.15, -0.1) is 0 Å². The summed E-state index contributed by atoms with van der Waals surface area (Å²) < 4.78 is 27.0. The summed E-state index contributed by atoms with van der Waals surface area (Å²) >= 11 is 5.78. The molecule has 0 spiro atoms. The highest BCUT2D eigenvalue weighted by Crippen LogP contribution is 2.28. The van der Waals surface area contributed by atoms with Crippen molar-refractivity contribution in [1.82, 2.24) is 0 Å². The second-order valence-electron chi connectivity index (χ2n) is 4.64. The topological polar surface area (TPSA) is 72.2 Å². The Morgan fingerprint density at radius 1 is 1.22 bits per heavy atom. The van der Waals surface area contributed by atoms with Crippen LogP contribution in [0.5, 0.6) is 0 Å². The number of nitrogens with one attached hydrogen (secondary N) is 1. The Labute approximate surface area is 113 Å². The first kappa shape index (κ1) is 13.5. The molecule has 3 N–H and O–H groups in total.